The van der Waals surface area contributed by atoms with Crippen LogP contribution in [0, 0.1) is 0 Å². The van der Waals surface area contributed by atoms with E-state index in [1.165, 1.54) is 0 Å². The quantitative estimate of drug-likeness (QED) is 0.891. The fraction of sp³-hybridized carbons (Fsp3) is 0.750. The molecule has 0 aliphatic carbocycles. The van der Waals surface area contributed by atoms with Gasteiger partial charge in [-0.1, -0.05) is 13.8 Å². The third-order valence-corrected chi connectivity index (χ3v) is 5.07. The van der Waals surface area contributed by atoms with Crippen molar-refractivity contribution in [1.29, 1.82) is 0 Å². The van der Waals surface area contributed by atoms with Crippen LogP contribution in [0.2, 0.25) is 0 Å². The summed E-state index contributed by atoms with van der Waals surface area (Å²) in [4.78, 5) is 4.19. The zero-order valence-corrected chi connectivity index (χ0v) is 11.8. The minimum atomic E-state index is -2.79. The van der Waals surface area contributed by atoms with Crippen molar-refractivity contribution in [1.82, 2.24) is 14.9 Å². The van der Waals surface area contributed by atoms with Crippen LogP contribution in [0.15, 0.2) is 12.5 Å². The molecule has 0 radical (unpaired) electrons. The summed E-state index contributed by atoms with van der Waals surface area (Å²) in [7, 11) is -2.79. The lowest BCUT2D eigenvalue weighted by Crippen LogP contribution is -2.28. The van der Waals surface area contributed by atoms with Crippen LogP contribution in [0.3, 0.4) is 0 Å². The fourth-order valence-electron chi connectivity index (χ4n) is 2.26. The van der Waals surface area contributed by atoms with Crippen molar-refractivity contribution in [3.8, 4) is 0 Å². The average molecular weight is 271 g/mol. The van der Waals surface area contributed by atoms with Crippen LogP contribution in [0.25, 0.3) is 0 Å². The van der Waals surface area contributed by atoms with E-state index in [4.69, 9.17) is 0 Å². The summed E-state index contributed by atoms with van der Waals surface area (Å²) in [5, 5.41) is 3.36. The molecule has 0 spiro atoms. The molecule has 1 aliphatic heterocycles. The number of nitrogens with one attached hydrogen (secondary N) is 1. The Bertz CT molecular complexity index is 479. The highest BCUT2D eigenvalue weighted by molar-refractivity contribution is 7.91. The number of aromatic nitrogens is 2. The second-order valence-electron chi connectivity index (χ2n) is 5.21. The minimum absolute atomic E-state index is 0.278. The third-order valence-electron chi connectivity index (χ3n) is 3.36. The van der Waals surface area contributed by atoms with Gasteiger partial charge in [-0.3, -0.25) is 0 Å². The van der Waals surface area contributed by atoms with E-state index in [9.17, 15) is 8.42 Å². The van der Waals surface area contributed by atoms with E-state index in [0.717, 1.165) is 12.2 Å². The van der Waals surface area contributed by atoms with Gasteiger partial charge in [0, 0.05) is 24.8 Å². The molecule has 5 nitrogen and oxygen atoms in total. The molecule has 0 aromatic carbocycles. The van der Waals surface area contributed by atoms with Gasteiger partial charge in [-0.25, -0.2) is 13.4 Å². The van der Waals surface area contributed by atoms with E-state index in [0.29, 0.717) is 30.4 Å². The summed E-state index contributed by atoms with van der Waals surface area (Å²) in [5.41, 5.74) is 1.13. The number of hydrogen-bond acceptors (Lipinski definition) is 4. The molecule has 6 heteroatoms. The van der Waals surface area contributed by atoms with E-state index in [1.54, 1.807) is 0 Å². The molecule has 0 atom stereocenters. The largest absolute Gasteiger partial charge is 0.330 e. The SMILES string of the molecule is CC(C)NCc1cncn1C1CCS(=O)(=O)CC1. The van der Waals surface area contributed by atoms with Crippen LogP contribution in [-0.2, 0) is 16.4 Å². The maximum atomic E-state index is 11.4. The number of nitrogens with zero attached hydrogens (tertiary/aromatic N) is 2. The Hall–Kier alpha value is -0.880. The van der Waals surface area contributed by atoms with Gasteiger partial charge in [-0.15, -0.1) is 0 Å². The van der Waals surface area contributed by atoms with Crippen molar-refractivity contribution in [2.45, 2.75) is 45.3 Å². The first kappa shape index (κ1) is 13.5. The van der Waals surface area contributed by atoms with Gasteiger partial charge in [0.05, 0.1) is 23.5 Å². The lowest BCUT2D eigenvalue weighted by atomic mass is 10.1. The van der Waals surface area contributed by atoms with E-state index in [1.807, 2.05) is 12.5 Å². The number of imidazole rings is 1. The molecule has 0 bridgehead atoms. The Morgan fingerprint density at radius 3 is 2.72 bits per heavy atom. The Balaban J connectivity index is 2.03. The smallest absolute Gasteiger partial charge is 0.150 e. The topological polar surface area (TPSA) is 64.0 Å². The van der Waals surface area contributed by atoms with E-state index in [-0.39, 0.29) is 6.04 Å². The maximum Gasteiger partial charge on any atom is 0.150 e. The van der Waals surface area contributed by atoms with E-state index < -0.39 is 9.84 Å². The predicted molar refractivity (Wildman–Crippen MR) is 71.1 cm³/mol. The highest BCUT2D eigenvalue weighted by Gasteiger charge is 2.25. The number of hydrogen-bond donors (Lipinski definition) is 1. The number of rotatable bonds is 4. The van der Waals surface area contributed by atoms with Crippen molar-refractivity contribution in [3.05, 3.63) is 18.2 Å². The third kappa shape index (κ3) is 3.32. The molecular weight excluding hydrogens is 250 g/mol. The van der Waals surface area contributed by atoms with Crippen molar-refractivity contribution in [2.75, 3.05) is 11.5 Å². The molecular formula is C12H21N3O2S. The molecule has 1 N–H and O–H groups in total. The second kappa shape index (κ2) is 5.40. The van der Waals surface area contributed by atoms with Gasteiger partial charge < -0.3 is 9.88 Å². The van der Waals surface area contributed by atoms with E-state index in [2.05, 4.69) is 28.7 Å². The molecule has 1 aromatic rings. The van der Waals surface area contributed by atoms with Gasteiger partial charge in [-0.2, -0.15) is 0 Å². The zero-order chi connectivity index (χ0) is 13.2. The van der Waals surface area contributed by atoms with Crippen molar-refractivity contribution in [2.24, 2.45) is 0 Å². The first-order valence-electron chi connectivity index (χ1n) is 6.42. The Morgan fingerprint density at radius 1 is 1.44 bits per heavy atom. The number of sulfone groups is 1. The molecule has 1 fully saturated rings. The molecule has 102 valence electrons. The van der Waals surface area contributed by atoms with Gasteiger partial charge in [0.2, 0.25) is 0 Å². The Labute approximate surface area is 109 Å². The summed E-state index contributed by atoms with van der Waals surface area (Å²) >= 11 is 0. The van der Waals surface area contributed by atoms with Gasteiger partial charge in [-0.05, 0) is 12.8 Å². The van der Waals surface area contributed by atoms with E-state index >= 15 is 0 Å². The molecule has 0 amide bonds. The average Bonchev–Trinajstić information content (AvgIpc) is 2.74. The summed E-state index contributed by atoms with van der Waals surface area (Å²) < 4.78 is 25.0. The van der Waals surface area contributed by atoms with Crippen molar-refractivity contribution in [3.63, 3.8) is 0 Å². The highest BCUT2D eigenvalue weighted by atomic mass is 32.2. The van der Waals surface area contributed by atoms with Crippen LogP contribution < -0.4 is 5.32 Å². The minimum Gasteiger partial charge on any atom is -0.330 e. The predicted octanol–water partition coefficient (Wildman–Crippen LogP) is 1.13. The normalized spacial score (nSPS) is 20.4. The molecule has 0 saturated carbocycles. The highest BCUT2D eigenvalue weighted by Crippen LogP contribution is 2.25. The molecule has 2 heterocycles. The van der Waals surface area contributed by atoms with Gasteiger partial charge >= 0.3 is 0 Å². The zero-order valence-electron chi connectivity index (χ0n) is 11.0. The summed E-state index contributed by atoms with van der Waals surface area (Å²) in [6, 6.07) is 0.708. The molecule has 1 aromatic heterocycles. The fourth-order valence-corrected chi connectivity index (χ4v) is 3.73. The van der Waals surface area contributed by atoms with Crippen LogP contribution in [0.1, 0.15) is 38.4 Å². The Morgan fingerprint density at radius 2 is 2.11 bits per heavy atom. The maximum absolute atomic E-state index is 11.4. The van der Waals surface area contributed by atoms with Crippen LogP contribution in [0.5, 0.6) is 0 Å². The van der Waals surface area contributed by atoms with Crippen LogP contribution in [-0.4, -0.2) is 35.5 Å². The standard InChI is InChI=1S/C12H21N3O2S/c1-10(2)14-8-12-7-13-9-15(12)11-3-5-18(16,17)6-4-11/h7,9-11,14H,3-6,8H2,1-2H3. The van der Waals surface area contributed by atoms with Crippen LogP contribution in [0.4, 0.5) is 0 Å². The molecule has 1 aliphatic rings. The molecule has 2 rings (SSSR count). The van der Waals surface area contributed by atoms with Crippen LogP contribution >= 0.6 is 0 Å². The monoisotopic (exact) mass is 271 g/mol. The summed E-state index contributed by atoms with van der Waals surface area (Å²) in [6.45, 7) is 4.99. The first-order valence-corrected chi connectivity index (χ1v) is 8.24. The molecule has 1 saturated heterocycles. The lowest BCUT2D eigenvalue weighted by Gasteiger charge is -2.25. The van der Waals surface area contributed by atoms with Gasteiger partial charge in [0.25, 0.3) is 0 Å². The first-order chi connectivity index (χ1) is 8.48. The van der Waals surface area contributed by atoms with Crippen molar-refractivity contribution < 1.29 is 8.42 Å². The second-order valence-corrected chi connectivity index (χ2v) is 7.51. The van der Waals surface area contributed by atoms with Gasteiger partial charge in [0.15, 0.2) is 0 Å². The summed E-state index contributed by atoms with van der Waals surface area (Å²) in [6.07, 6.45) is 5.08. The van der Waals surface area contributed by atoms with Crippen molar-refractivity contribution >= 4 is 9.84 Å². The van der Waals surface area contributed by atoms with Gasteiger partial charge in [0.1, 0.15) is 9.84 Å². The lowest BCUT2D eigenvalue weighted by molar-refractivity contribution is 0.430. The molecule has 0 unspecified atom stereocenters. The summed E-state index contributed by atoms with van der Waals surface area (Å²) in [5.74, 6) is 0.597. The molecule has 18 heavy (non-hydrogen) atoms. The Kier molecular flexibility index (Phi) is 4.07.